The van der Waals surface area contributed by atoms with Gasteiger partial charge in [0, 0.05) is 33.3 Å². The summed E-state index contributed by atoms with van der Waals surface area (Å²) in [6.07, 6.45) is 3.31. The van der Waals surface area contributed by atoms with Crippen LogP contribution in [-0.2, 0) is 14.9 Å². The van der Waals surface area contributed by atoms with Gasteiger partial charge in [-0.25, -0.2) is 4.79 Å². The second-order valence-corrected chi connectivity index (χ2v) is 8.89. The second-order valence-electron chi connectivity index (χ2n) is 6.97. The lowest BCUT2D eigenvalue weighted by molar-refractivity contribution is 0.0588. The third-order valence-electron chi connectivity index (χ3n) is 5.40. The predicted octanol–water partition coefficient (Wildman–Crippen LogP) is 1.92. The van der Waals surface area contributed by atoms with Crippen molar-refractivity contribution in [2.75, 3.05) is 33.3 Å². The van der Waals surface area contributed by atoms with Gasteiger partial charge in [-0.1, -0.05) is 12.1 Å². The Hall–Kier alpha value is -1.48. The Morgan fingerprint density at radius 2 is 1.73 bits per heavy atom. The van der Waals surface area contributed by atoms with Gasteiger partial charge in [-0.2, -0.15) is 17.0 Å². The maximum Gasteiger partial charge on any atom is 0.335 e. The molecule has 1 atom stereocenters. The summed E-state index contributed by atoms with van der Waals surface area (Å²) in [5.41, 5.74) is 1.24. The summed E-state index contributed by atoms with van der Waals surface area (Å²) < 4.78 is 34.5. The van der Waals surface area contributed by atoms with Crippen LogP contribution < -0.4 is 0 Å². The van der Waals surface area contributed by atoms with Crippen molar-refractivity contribution < 1.29 is 23.1 Å². The van der Waals surface area contributed by atoms with Crippen LogP contribution in [0.15, 0.2) is 24.3 Å². The Kier molecular flexibility index (Phi) is 5.96. The van der Waals surface area contributed by atoms with Crippen molar-refractivity contribution in [3.63, 3.8) is 0 Å². The first-order valence-electron chi connectivity index (χ1n) is 9.03. The molecule has 0 aliphatic carbocycles. The van der Waals surface area contributed by atoms with E-state index in [0.29, 0.717) is 26.2 Å². The molecule has 3 rings (SSSR count). The number of hydrogen-bond acceptors (Lipinski definition) is 4. The molecular weight excluding hydrogens is 356 g/mol. The number of rotatable bonds is 5. The van der Waals surface area contributed by atoms with E-state index in [4.69, 9.17) is 9.84 Å². The van der Waals surface area contributed by atoms with Crippen LogP contribution in [0.3, 0.4) is 0 Å². The summed E-state index contributed by atoms with van der Waals surface area (Å²) in [7, 11) is -1.80. The maximum absolute atomic E-state index is 13.0. The Labute approximate surface area is 154 Å². The average Bonchev–Trinajstić information content (AvgIpc) is 2.68. The normalized spacial score (nSPS) is 23.8. The van der Waals surface area contributed by atoms with Crippen molar-refractivity contribution in [3.8, 4) is 0 Å². The van der Waals surface area contributed by atoms with Gasteiger partial charge in [0.05, 0.1) is 11.7 Å². The van der Waals surface area contributed by atoms with E-state index >= 15 is 0 Å². The smallest absolute Gasteiger partial charge is 0.335 e. The van der Waals surface area contributed by atoms with E-state index in [9.17, 15) is 13.2 Å². The molecule has 144 valence electrons. The Bertz CT molecular complexity index is 726. The highest BCUT2D eigenvalue weighted by Gasteiger charge is 2.36. The molecule has 0 aromatic heterocycles. The molecule has 2 saturated heterocycles. The zero-order chi connectivity index (χ0) is 18.7. The standard InChI is InChI=1S/C18H26N2O5S/c1-25-17-8-11-19(12-9-17)26(23,24)20-10-2-3-16(13-20)14-4-6-15(7-5-14)18(21)22/h4-7,16-17H,2-3,8-13H2,1H3,(H,21,22)/t16-/m0/s1. The average molecular weight is 382 g/mol. The van der Waals surface area contributed by atoms with Crippen molar-refractivity contribution in [3.05, 3.63) is 35.4 Å². The third kappa shape index (κ3) is 4.09. The van der Waals surface area contributed by atoms with E-state index < -0.39 is 16.2 Å². The molecule has 2 fully saturated rings. The van der Waals surface area contributed by atoms with E-state index in [1.807, 2.05) is 0 Å². The van der Waals surface area contributed by atoms with Gasteiger partial charge in [-0.3, -0.25) is 0 Å². The van der Waals surface area contributed by atoms with E-state index in [1.54, 1.807) is 40.0 Å². The summed E-state index contributed by atoms with van der Waals surface area (Å²) in [5, 5.41) is 9.01. The number of ether oxygens (including phenoxy) is 1. The summed E-state index contributed by atoms with van der Waals surface area (Å²) in [5.74, 6) is -0.859. The molecule has 1 aromatic rings. The molecular formula is C18H26N2O5S. The highest BCUT2D eigenvalue weighted by atomic mass is 32.2. The van der Waals surface area contributed by atoms with Gasteiger partial charge < -0.3 is 9.84 Å². The van der Waals surface area contributed by atoms with Crippen LogP contribution in [0.25, 0.3) is 0 Å². The topological polar surface area (TPSA) is 87.2 Å². The van der Waals surface area contributed by atoms with Gasteiger partial charge >= 0.3 is 5.97 Å². The third-order valence-corrected chi connectivity index (χ3v) is 7.40. The number of hydrogen-bond donors (Lipinski definition) is 1. The van der Waals surface area contributed by atoms with Crippen LogP contribution in [0, 0.1) is 0 Å². The fourth-order valence-electron chi connectivity index (χ4n) is 3.78. The number of benzene rings is 1. The summed E-state index contributed by atoms with van der Waals surface area (Å²) >= 11 is 0. The van der Waals surface area contributed by atoms with E-state index in [-0.39, 0.29) is 17.6 Å². The SMILES string of the molecule is COC1CCN(S(=O)(=O)N2CCC[C@H](c3ccc(C(=O)O)cc3)C2)CC1. The number of methoxy groups -OCH3 is 1. The van der Waals surface area contributed by atoms with Crippen LogP contribution in [-0.4, -0.2) is 67.5 Å². The van der Waals surface area contributed by atoms with Crippen LogP contribution in [0.1, 0.15) is 47.5 Å². The number of nitrogens with zero attached hydrogens (tertiary/aromatic N) is 2. The summed E-state index contributed by atoms with van der Waals surface area (Å²) in [6.45, 7) is 1.97. The Morgan fingerprint density at radius 3 is 2.31 bits per heavy atom. The maximum atomic E-state index is 13.0. The number of aromatic carboxylic acids is 1. The van der Waals surface area contributed by atoms with Crippen molar-refractivity contribution in [2.24, 2.45) is 0 Å². The lowest BCUT2D eigenvalue weighted by Crippen LogP contribution is -2.50. The first kappa shape index (κ1) is 19.3. The van der Waals surface area contributed by atoms with Gasteiger partial charge in [-0.05, 0) is 49.3 Å². The Balaban J connectivity index is 1.68. The fourth-order valence-corrected chi connectivity index (χ4v) is 5.51. The minimum atomic E-state index is -3.46. The molecule has 0 saturated carbocycles. The minimum Gasteiger partial charge on any atom is -0.478 e. The quantitative estimate of drug-likeness (QED) is 0.841. The molecule has 1 N–H and O–H groups in total. The summed E-state index contributed by atoms with van der Waals surface area (Å²) in [4.78, 5) is 11.0. The molecule has 8 heteroatoms. The predicted molar refractivity (Wildman–Crippen MR) is 97.5 cm³/mol. The van der Waals surface area contributed by atoms with E-state index in [2.05, 4.69) is 0 Å². The van der Waals surface area contributed by atoms with E-state index in [0.717, 1.165) is 31.2 Å². The molecule has 0 spiro atoms. The Morgan fingerprint density at radius 1 is 1.08 bits per heavy atom. The first-order chi connectivity index (χ1) is 12.4. The largest absolute Gasteiger partial charge is 0.478 e. The lowest BCUT2D eigenvalue weighted by atomic mass is 9.91. The molecule has 2 heterocycles. The fraction of sp³-hybridized carbons (Fsp3) is 0.611. The zero-order valence-corrected chi connectivity index (χ0v) is 15.8. The molecule has 0 bridgehead atoms. The molecule has 0 amide bonds. The zero-order valence-electron chi connectivity index (χ0n) is 15.0. The summed E-state index contributed by atoms with van der Waals surface area (Å²) in [6, 6.07) is 6.77. The van der Waals surface area contributed by atoms with Gasteiger partial charge in [-0.15, -0.1) is 0 Å². The van der Waals surface area contributed by atoms with Crippen LogP contribution in [0.4, 0.5) is 0 Å². The van der Waals surface area contributed by atoms with Gasteiger partial charge in [0.25, 0.3) is 10.2 Å². The molecule has 2 aliphatic rings. The van der Waals surface area contributed by atoms with Crippen LogP contribution >= 0.6 is 0 Å². The van der Waals surface area contributed by atoms with Gasteiger partial charge in [0.2, 0.25) is 0 Å². The van der Waals surface area contributed by atoms with Crippen molar-refractivity contribution in [1.29, 1.82) is 0 Å². The number of carboxylic acids is 1. The monoisotopic (exact) mass is 382 g/mol. The molecule has 0 unspecified atom stereocenters. The number of carboxylic acid groups (broad SMARTS) is 1. The number of piperidine rings is 2. The molecule has 0 radical (unpaired) electrons. The van der Waals surface area contributed by atoms with Crippen molar-refractivity contribution in [2.45, 2.75) is 37.7 Å². The molecule has 2 aliphatic heterocycles. The first-order valence-corrected chi connectivity index (χ1v) is 10.4. The van der Waals surface area contributed by atoms with Crippen LogP contribution in [0.5, 0.6) is 0 Å². The molecule has 26 heavy (non-hydrogen) atoms. The molecule has 7 nitrogen and oxygen atoms in total. The van der Waals surface area contributed by atoms with Gasteiger partial charge in [0.1, 0.15) is 0 Å². The minimum absolute atomic E-state index is 0.0953. The van der Waals surface area contributed by atoms with Crippen LogP contribution in [0.2, 0.25) is 0 Å². The van der Waals surface area contributed by atoms with Crippen molar-refractivity contribution in [1.82, 2.24) is 8.61 Å². The van der Waals surface area contributed by atoms with Crippen molar-refractivity contribution >= 4 is 16.2 Å². The highest BCUT2D eigenvalue weighted by Crippen LogP contribution is 2.30. The molecule has 1 aromatic carbocycles. The number of carbonyl (C=O) groups is 1. The lowest BCUT2D eigenvalue weighted by Gasteiger charge is -2.38. The highest BCUT2D eigenvalue weighted by molar-refractivity contribution is 7.86. The van der Waals surface area contributed by atoms with Gasteiger partial charge in [0.15, 0.2) is 0 Å². The van der Waals surface area contributed by atoms with E-state index in [1.165, 1.54) is 0 Å². The second kappa shape index (κ2) is 8.04.